The summed E-state index contributed by atoms with van der Waals surface area (Å²) in [6.07, 6.45) is 2.09. The van der Waals surface area contributed by atoms with Crippen LogP contribution in [-0.2, 0) is 0 Å². The second-order valence-electron chi connectivity index (χ2n) is 6.60. The van der Waals surface area contributed by atoms with E-state index >= 15 is 0 Å². The van der Waals surface area contributed by atoms with E-state index in [1.807, 2.05) is 4.90 Å². The van der Waals surface area contributed by atoms with Gasteiger partial charge in [-0.15, -0.1) is 0 Å². The number of benzene rings is 1. The Labute approximate surface area is 125 Å². The van der Waals surface area contributed by atoms with Crippen molar-refractivity contribution in [3.63, 3.8) is 0 Å². The van der Waals surface area contributed by atoms with E-state index in [1.165, 1.54) is 12.1 Å². The zero-order chi connectivity index (χ0) is 14.9. The molecule has 1 amide bonds. The van der Waals surface area contributed by atoms with E-state index in [-0.39, 0.29) is 16.7 Å². The highest BCUT2D eigenvalue weighted by Crippen LogP contribution is 2.34. The van der Waals surface area contributed by atoms with Crippen LogP contribution in [0.2, 0.25) is 5.02 Å². The van der Waals surface area contributed by atoms with Crippen LogP contribution in [0.25, 0.3) is 0 Å². The van der Waals surface area contributed by atoms with Crippen molar-refractivity contribution in [1.82, 2.24) is 4.90 Å². The third kappa shape index (κ3) is 3.26. The minimum atomic E-state index is -0.000686. The fraction of sp³-hybridized carbons (Fsp3) is 0.562. The molecule has 1 saturated heterocycles. The van der Waals surface area contributed by atoms with Crippen LogP contribution in [0.5, 0.6) is 5.75 Å². The average molecular weight is 296 g/mol. The maximum atomic E-state index is 12.4. The summed E-state index contributed by atoms with van der Waals surface area (Å²) in [7, 11) is 0. The van der Waals surface area contributed by atoms with Gasteiger partial charge >= 0.3 is 0 Å². The van der Waals surface area contributed by atoms with Crippen LogP contribution in [-0.4, -0.2) is 29.0 Å². The average Bonchev–Trinajstić information content (AvgIpc) is 2.40. The van der Waals surface area contributed by atoms with Crippen LogP contribution in [0, 0.1) is 11.3 Å². The zero-order valence-corrected chi connectivity index (χ0v) is 13.1. The summed E-state index contributed by atoms with van der Waals surface area (Å²) in [5.41, 5.74) is 0.846. The van der Waals surface area contributed by atoms with Gasteiger partial charge in [-0.25, -0.2) is 0 Å². The number of amides is 1. The van der Waals surface area contributed by atoms with Gasteiger partial charge in [0.25, 0.3) is 5.91 Å². The van der Waals surface area contributed by atoms with E-state index in [0.717, 1.165) is 25.9 Å². The number of aromatic hydroxyl groups is 1. The van der Waals surface area contributed by atoms with E-state index in [4.69, 9.17) is 11.6 Å². The lowest BCUT2D eigenvalue weighted by molar-refractivity contribution is 0.0608. The number of nitrogens with zero attached hydrogens (tertiary/aromatic N) is 1. The molecule has 1 aliphatic rings. The first-order valence-corrected chi connectivity index (χ1v) is 7.44. The molecule has 1 aromatic carbocycles. The van der Waals surface area contributed by atoms with Crippen LogP contribution < -0.4 is 0 Å². The highest BCUT2D eigenvalue weighted by atomic mass is 35.5. The Balaban J connectivity index is 2.03. The lowest BCUT2D eigenvalue weighted by Crippen LogP contribution is -2.41. The molecule has 3 nitrogen and oxygen atoms in total. The molecular formula is C16H22ClNO2. The number of rotatable bonds is 1. The van der Waals surface area contributed by atoms with E-state index in [9.17, 15) is 9.90 Å². The Morgan fingerprint density at radius 3 is 2.40 bits per heavy atom. The van der Waals surface area contributed by atoms with Crippen molar-refractivity contribution in [2.75, 3.05) is 13.1 Å². The summed E-state index contributed by atoms with van der Waals surface area (Å²) in [5, 5.41) is 9.63. The second kappa shape index (κ2) is 5.65. The predicted octanol–water partition coefficient (Wildman–Crippen LogP) is 3.94. The van der Waals surface area contributed by atoms with Gasteiger partial charge in [0, 0.05) is 18.7 Å². The lowest BCUT2D eigenvalue weighted by Gasteiger charge is -2.38. The van der Waals surface area contributed by atoms with Gasteiger partial charge in [-0.2, -0.15) is 0 Å². The normalized spacial score (nSPS) is 17.3. The van der Waals surface area contributed by atoms with Gasteiger partial charge in [-0.05, 0) is 42.4 Å². The summed E-state index contributed by atoms with van der Waals surface area (Å²) in [6.45, 7) is 8.36. The number of carbonyl (C=O) groups is 1. The number of phenolic OH excluding ortho intramolecular Hbond substituents is 1. The SMILES string of the molecule is CC(C)(C)C1CCN(C(=O)c2ccc(O)c(Cl)c2)CC1. The predicted molar refractivity (Wildman–Crippen MR) is 81.2 cm³/mol. The molecule has 0 radical (unpaired) electrons. The van der Waals surface area contributed by atoms with Gasteiger partial charge in [0.05, 0.1) is 5.02 Å². The van der Waals surface area contributed by atoms with Crippen molar-refractivity contribution in [2.45, 2.75) is 33.6 Å². The van der Waals surface area contributed by atoms with E-state index < -0.39 is 0 Å². The standard InChI is InChI=1S/C16H22ClNO2/c1-16(2,3)12-6-8-18(9-7-12)15(20)11-4-5-14(19)13(17)10-11/h4-5,10,12,19H,6-9H2,1-3H3. The molecule has 0 atom stereocenters. The number of carbonyl (C=O) groups excluding carboxylic acids is 1. The Morgan fingerprint density at radius 1 is 1.30 bits per heavy atom. The maximum absolute atomic E-state index is 12.4. The van der Waals surface area contributed by atoms with Crippen molar-refractivity contribution >= 4 is 17.5 Å². The molecule has 110 valence electrons. The van der Waals surface area contributed by atoms with Crippen LogP contribution in [0.3, 0.4) is 0 Å². The van der Waals surface area contributed by atoms with Gasteiger partial charge in [0.2, 0.25) is 0 Å². The van der Waals surface area contributed by atoms with Crippen molar-refractivity contribution in [2.24, 2.45) is 11.3 Å². The summed E-state index contributed by atoms with van der Waals surface area (Å²) in [4.78, 5) is 14.3. The topological polar surface area (TPSA) is 40.5 Å². The maximum Gasteiger partial charge on any atom is 0.253 e. The number of likely N-dealkylation sites (tertiary alicyclic amines) is 1. The van der Waals surface area contributed by atoms with E-state index in [1.54, 1.807) is 6.07 Å². The molecule has 4 heteroatoms. The first-order valence-electron chi connectivity index (χ1n) is 7.07. The minimum Gasteiger partial charge on any atom is -0.506 e. The summed E-state index contributed by atoms with van der Waals surface area (Å²) >= 11 is 5.86. The molecule has 1 heterocycles. The molecule has 1 fully saturated rings. The van der Waals surface area contributed by atoms with Gasteiger partial charge in [0.15, 0.2) is 0 Å². The monoisotopic (exact) mass is 295 g/mol. The highest BCUT2D eigenvalue weighted by molar-refractivity contribution is 6.32. The molecule has 0 aliphatic carbocycles. The summed E-state index contributed by atoms with van der Waals surface area (Å²) < 4.78 is 0. The Hall–Kier alpha value is -1.22. The molecule has 0 saturated carbocycles. The fourth-order valence-corrected chi connectivity index (χ4v) is 2.95. The number of phenols is 1. The van der Waals surface area contributed by atoms with E-state index in [2.05, 4.69) is 20.8 Å². The van der Waals surface area contributed by atoms with Gasteiger partial charge < -0.3 is 10.0 Å². The number of hydrogen-bond acceptors (Lipinski definition) is 2. The molecule has 0 aromatic heterocycles. The van der Waals surface area contributed by atoms with Crippen molar-refractivity contribution in [3.8, 4) is 5.75 Å². The third-order valence-electron chi connectivity index (χ3n) is 4.20. The van der Waals surface area contributed by atoms with E-state index in [0.29, 0.717) is 16.9 Å². The second-order valence-corrected chi connectivity index (χ2v) is 7.01. The van der Waals surface area contributed by atoms with Gasteiger partial charge in [0.1, 0.15) is 5.75 Å². The van der Waals surface area contributed by atoms with Gasteiger partial charge in [-0.1, -0.05) is 32.4 Å². The molecule has 0 bridgehead atoms. The molecule has 0 unspecified atom stereocenters. The molecular weight excluding hydrogens is 274 g/mol. The zero-order valence-electron chi connectivity index (χ0n) is 12.3. The quantitative estimate of drug-likeness (QED) is 0.852. The molecule has 0 spiro atoms. The fourth-order valence-electron chi connectivity index (χ4n) is 2.77. The number of halogens is 1. The van der Waals surface area contributed by atoms with Crippen LogP contribution in [0.4, 0.5) is 0 Å². The first-order chi connectivity index (χ1) is 9.29. The number of hydrogen-bond donors (Lipinski definition) is 1. The van der Waals surface area contributed by atoms with Crippen LogP contribution in [0.1, 0.15) is 44.0 Å². The molecule has 1 aromatic rings. The molecule has 20 heavy (non-hydrogen) atoms. The van der Waals surface area contributed by atoms with Crippen LogP contribution in [0.15, 0.2) is 18.2 Å². The van der Waals surface area contributed by atoms with Crippen molar-refractivity contribution in [1.29, 1.82) is 0 Å². The van der Waals surface area contributed by atoms with Crippen LogP contribution >= 0.6 is 11.6 Å². The summed E-state index contributed by atoms with van der Waals surface area (Å²) in [6, 6.07) is 4.63. The third-order valence-corrected chi connectivity index (χ3v) is 4.50. The molecule has 1 aliphatic heterocycles. The highest BCUT2D eigenvalue weighted by Gasteiger charge is 2.30. The lowest BCUT2D eigenvalue weighted by atomic mass is 9.75. The smallest absolute Gasteiger partial charge is 0.253 e. The summed E-state index contributed by atoms with van der Waals surface area (Å²) in [5.74, 6) is 0.670. The largest absolute Gasteiger partial charge is 0.506 e. The molecule has 2 rings (SSSR count). The first kappa shape index (κ1) is 15.2. The minimum absolute atomic E-state index is 0.000686. The Morgan fingerprint density at radius 2 is 1.90 bits per heavy atom. The van der Waals surface area contributed by atoms with Gasteiger partial charge in [-0.3, -0.25) is 4.79 Å². The number of piperidine rings is 1. The Kier molecular flexibility index (Phi) is 4.28. The molecule has 1 N–H and O–H groups in total. The van der Waals surface area contributed by atoms with Crippen molar-refractivity contribution < 1.29 is 9.90 Å². The van der Waals surface area contributed by atoms with Crippen molar-refractivity contribution in [3.05, 3.63) is 28.8 Å². The Bertz CT molecular complexity index is 500.